The lowest BCUT2D eigenvalue weighted by Gasteiger charge is -2.09. The predicted molar refractivity (Wildman–Crippen MR) is 86.7 cm³/mol. The standard InChI is InChI=1S/C17H11ClFN3O/c18-14-7-12(19)5-6-15(14)21-17(23)10-22-9-11(8-20)13-3-1-2-4-16(13)22/h1-7,9H,10H2,(H,21,23). The van der Waals surface area contributed by atoms with Crippen molar-refractivity contribution in [3.8, 4) is 6.07 Å². The maximum atomic E-state index is 13.0. The number of halogens is 2. The van der Waals surface area contributed by atoms with Gasteiger partial charge in [-0.3, -0.25) is 4.79 Å². The smallest absolute Gasteiger partial charge is 0.244 e. The zero-order valence-electron chi connectivity index (χ0n) is 11.9. The lowest BCUT2D eigenvalue weighted by Crippen LogP contribution is -2.18. The van der Waals surface area contributed by atoms with Gasteiger partial charge in [-0.15, -0.1) is 0 Å². The van der Waals surface area contributed by atoms with Gasteiger partial charge < -0.3 is 9.88 Å². The Morgan fingerprint density at radius 1 is 1.30 bits per heavy atom. The van der Waals surface area contributed by atoms with E-state index in [4.69, 9.17) is 16.9 Å². The second-order valence-corrected chi connectivity index (χ2v) is 5.38. The maximum Gasteiger partial charge on any atom is 0.244 e. The summed E-state index contributed by atoms with van der Waals surface area (Å²) in [7, 11) is 0. The van der Waals surface area contributed by atoms with Crippen LogP contribution in [-0.4, -0.2) is 10.5 Å². The van der Waals surface area contributed by atoms with Crippen LogP contribution in [0.5, 0.6) is 0 Å². The highest BCUT2D eigenvalue weighted by atomic mass is 35.5. The predicted octanol–water partition coefficient (Wildman–Crippen LogP) is 3.94. The first-order valence-electron chi connectivity index (χ1n) is 6.81. The van der Waals surface area contributed by atoms with Crippen LogP contribution in [0.1, 0.15) is 5.56 Å². The third-order valence-corrected chi connectivity index (χ3v) is 3.74. The molecule has 0 radical (unpaired) electrons. The van der Waals surface area contributed by atoms with Crippen molar-refractivity contribution in [1.29, 1.82) is 5.26 Å². The molecule has 0 aliphatic heterocycles. The molecule has 1 N–H and O–H groups in total. The molecule has 0 saturated carbocycles. The van der Waals surface area contributed by atoms with Crippen molar-refractivity contribution < 1.29 is 9.18 Å². The van der Waals surface area contributed by atoms with Gasteiger partial charge in [0, 0.05) is 17.1 Å². The molecule has 0 aliphatic carbocycles. The zero-order chi connectivity index (χ0) is 16.4. The Morgan fingerprint density at radius 3 is 2.83 bits per heavy atom. The highest BCUT2D eigenvalue weighted by Gasteiger charge is 2.12. The zero-order valence-corrected chi connectivity index (χ0v) is 12.6. The molecule has 0 fully saturated rings. The average molecular weight is 328 g/mol. The summed E-state index contributed by atoms with van der Waals surface area (Å²) >= 11 is 5.89. The molecule has 23 heavy (non-hydrogen) atoms. The van der Waals surface area contributed by atoms with Crippen LogP contribution in [0.4, 0.5) is 10.1 Å². The van der Waals surface area contributed by atoms with Gasteiger partial charge in [0.05, 0.1) is 16.3 Å². The molecule has 0 bridgehead atoms. The van der Waals surface area contributed by atoms with Gasteiger partial charge in [0.15, 0.2) is 0 Å². The van der Waals surface area contributed by atoms with E-state index in [0.29, 0.717) is 11.3 Å². The normalized spacial score (nSPS) is 10.5. The number of anilines is 1. The second-order valence-electron chi connectivity index (χ2n) is 4.97. The monoisotopic (exact) mass is 327 g/mol. The molecule has 3 aromatic rings. The van der Waals surface area contributed by atoms with Crippen LogP contribution in [0.2, 0.25) is 5.02 Å². The van der Waals surface area contributed by atoms with E-state index in [1.54, 1.807) is 10.8 Å². The molecule has 4 nitrogen and oxygen atoms in total. The first-order valence-corrected chi connectivity index (χ1v) is 7.19. The third-order valence-electron chi connectivity index (χ3n) is 3.43. The largest absolute Gasteiger partial charge is 0.337 e. The Morgan fingerprint density at radius 2 is 2.09 bits per heavy atom. The summed E-state index contributed by atoms with van der Waals surface area (Å²) in [5.74, 6) is -0.785. The summed E-state index contributed by atoms with van der Waals surface area (Å²) < 4.78 is 14.7. The van der Waals surface area contributed by atoms with Crippen LogP contribution in [-0.2, 0) is 11.3 Å². The van der Waals surface area contributed by atoms with E-state index in [2.05, 4.69) is 11.4 Å². The molecule has 0 spiro atoms. The highest BCUT2D eigenvalue weighted by molar-refractivity contribution is 6.33. The van der Waals surface area contributed by atoms with E-state index in [9.17, 15) is 9.18 Å². The first-order chi connectivity index (χ1) is 11.1. The number of rotatable bonds is 3. The second kappa shape index (κ2) is 6.11. The Bertz CT molecular complexity index is 943. The van der Waals surface area contributed by atoms with Gasteiger partial charge in [-0.25, -0.2) is 4.39 Å². The van der Waals surface area contributed by atoms with Gasteiger partial charge in [-0.1, -0.05) is 29.8 Å². The number of aromatic nitrogens is 1. The quantitative estimate of drug-likeness (QED) is 0.792. The van der Waals surface area contributed by atoms with E-state index in [0.717, 1.165) is 17.0 Å². The summed E-state index contributed by atoms with van der Waals surface area (Å²) in [4.78, 5) is 12.2. The summed E-state index contributed by atoms with van der Waals surface area (Å²) in [5, 5.41) is 12.7. The number of hydrogen-bond donors (Lipinski definition) is 1. The van der Waals surface area contributed by atoms with Crippen molar-refractivity contribution in [1.82, 2.24) is 4.57 Å². The summed E-state index contributed by atoms with van der Waals surface area (Å²) in [6.45, 7) is 0.0237. The van der Waals surface area contributed by atoms with E-state index in [1.807, 2.05) is 24.3 Å². The number of fused-ring (bicyclic) bond motifs is 1. The molecule has 0 atom stereocenters. The van der Waals surface area contributed by atoms with E-state index in [1.165, 1.54) is 12.1 Å². The first kappa shape index (κ1) is 15.1. The van der Waals surface area contributed by atoms with Crippen LogP contribution in [0.25, 0.3) is 10.9 Å². The number of hydrogen-bond acceptors (Lipinski definition) is 2. The molecule has 0 saturated heterocycles. The maximum absolute atomic E-state index is 13.0. The minimum absolute atomic E-state index is 0.0237. The van der Waals surface area contributed by atoms with Crippen LogP contribution in [0.3, 0.4) is 0 Å². The van der Waals surface area contributed by atoms with Gasteiger partial charge in [-0.05, 0) is 24.3 Å². The fourth-order valence-electron chi connectivity index (χ4n) is 2.40. The minimum atomic E-state index is -0.469. The fraction of sp³-hybridized carbons (Fsp3) is 0.0588. The Balaban J connectivity index is 1.85. The number of benzene rings is 2. The molecule has 1 heterocycles. The molecule has 6 heteroatoms. The third kappa shape index (κ3) is 3.03. The van der Waals surface area contributed by atoms with Crippen LogP contribution in [0.15, 0.2) is 48.7 Å². The van der Waals surface area contributed by atoms with Crippen molar-refractivity contribution in [2.75, 3.05) is 5.32 Å². The molecule has 1 amide bonds. The lowest BCUT2D eigenvalue weighted by molar-refractivity contribution is -0.116. The van der Waals surface area contributed by atoms with Crippen molar-refractivity contribution in [2.24, 2.45) is 0 Å². The molecular weight excluding hydrogens is 317 g/mol. The number of amides is 1. The van der Waals surface area contributed by atoms with E-state index in [-0.39, 0.29) is 17.5 Å². The molecule has 0 unspecified atom stereocenters. The Labute approximate surface area is 136 Å². The van der Waals surface area contributed by atoms with E-state index < -0.39 is 5.82 Å². The Hall–Kier alpha value is -2.84. The number of nitrogens with zero attached hydrogens (tertiary/aromatic N) is 2. The summed E-state index contributed by atoms with van der Waals surface area (Å²) in [6, 6.07) is 13.2. The number of nitriles is 1. The molecule has 114 valence electrons. The lowest BCUT2D eigenvalue weighted by atomic mass is 10.2. The molecule has 2 aromatic carbocycles. The van der Waals surface area contributed by atoms with Gasteiger partial charge in [-0.2, -0.15) is 5.26 Å². The number of carbonyl (C=O) groups excluding carboxylic acids is 1. The van der Waals surface area contributed by atoms with Crippen LogP contribution >= 0.6 is 11.6 Å². The minimum Gasteiger partial charge on any atom is -0.337 e. The van der Waals surface area contributed by atoms with Gasteiger partial charge in [0.25, 0.3) is 0 Å². The SMILES string of the molecule is N#Cc1cn(CC(=O)Nc2ccc(F)cc2Cl)c2ccccc12. The van der Waals surface area contributed by atoms with Crippen molar-refractivity contribution in [3.63, 3.8) is 0 Å². The van der Waals surface area contributed by atoms with Crippen molar-refractivity contribution >= 4 is 34.1 Å². The Kier molecular flexibility index (Phi) is 4.00. The van der Waals surface area contributed by atoms with Crippen molar-refractivity contribution in [3.05, 3.63) is 65.1 Å². The van der Waals surface area contributed by atoms with Gasteiger partial charge >= 0.3 is 0 Å². The average Bonchev–Trinajstić information content (AvgIpc) is 2.88. The van der Waals surface area contributed by atoms with Crippen LogP contribution in [0, 0.1) is 17.1 Å². The van der Waals surface area contributed by atoms with E-state index >= 15 is 0 Å². The number of carbonyl (C=O) groups is 1. The molecular formula is C17H11ClFN3O. The molecule has 1 aromatic heterocycles. The topological polar surface area (TPSA) is 57.8 Å². The van der Waals surface area contributed by atoms with Gasteiger partial charge in [0.2, 0.25) is 5.91 Å². The highest BCUT2D eigenvalue weighted by Crippen LogP contribution is 2.23. The summed E-state index contributed by atoms with van der Waals surface area (Å²) in [5.41, 5.74) is 1.65. The molecule has 0 aliphatic rings. The van der Waals surface area contributed by atoms with Gasteiger partial charge in [0.1, 0.15) is 18.4 Å². The number of para-hydroxylation sites is 1. The van der Waals surface area contributed by atoms with Crippen molar-refractivity contribution in [2.45, 2.75) is 6.54 Å². The molecule has 3 rings (SSSR count). The summed E-state index contributed by atoms with van der Waals surface area (Å²) in [6.07, 6.45) is 1.64. The van der Waals surface area contributed by atoms with Crippen LogP contribution < -0.4 is 5.32 Å². The fourth-order valence-corrected chi connectivity index (χ4v) is 2.62. The number of nitrogens with one attached hydrogen (secondary N) is 1.